The molecule has 0 radical (unpaired) electrons. The standard InChI is InChI=1S/C9H13N3O/c1-2-3-4-8(13)7-5-11-6-9(10)12-7/h5-6H,2-4H2,1H3,(H2,10,12). The van der Waals surface area contributed by atoms with E-state index in [0.29, 0.717) is 17.9 Å². The monoisotopic (exact) mass is 179 g/mol. The van der Waals surface area contributed by atoms with Gasteiger partial charge in [-0.15, -0.1) is 0 Å². The number of carbonyl (C=O) groups excluding carboxylic acids is 1. The van der Waals surface area contributed by atoms with Gasteiger partial charge in [0, 0.05) is 6.42 Å². The number of carbonyl (C=O) groups is 1. The Morgan fingerprint density at radius 3 is 2.92 bits per heavy atom. The molecule has 70 valence electrons. The Labute approximate surface area is 77.2 Å². The van der Waals surface area contributed by atoms with E-state index in [-0.39, 0.29) is 5.78 Å². The van der Waals surface area contributed by atoms with Gasteiger partial charge in [-0.1, -0.05) is 13.3 Å². The molecule has 1 aromatic rings. The first-order chi connectivity index (χ1) is 6.24. The van der Waals surface area contributed by atoms with Crippen molar-refractivity contribution in [3.8, 4) is 0 Å². The Morgan fingerprint density at radius 1 is 1.54 bits per heavy atom. The van der Waals surface area contributed by atoms with Crippen molar-refractivity contribution in [1.29, 1.82) is 0 Å². The summed E-state index contributed by atoms with van der Waals surface area (Å²) in [6.07, 6.45) is 5.29. The highest BCUT2D eigenvalue weighted by Crippen LogP contribution is 2.04. The van der Waals surface area contributed by atoms with Gasteiger partial charge in [0.05, 0.1) is 12.4 Å². The number of ketones is 1. The maximum absolute atomic E-state index is 11.4. The molecule has 0 saturated heterocycles. The molecule has 1 aromatic heterocycles. The van der Waals surface area contributed by atoms with E-state index < -0.39 is 0 Å². The summed E-state index contributed by atoms with van der Waals surface area (Å²) in [4.78, 5) is 19.1. The van der Waals surface area contributed by atoms with Crippen molar-refractivity contribution in [2.45, 2.75) is 26.2 Å². The summed E-state index contributed by atoms with van der Waals surface area (Å²) >= 11 is 0. The van der Waals surface area contributed by atoms with Crippen LogP contribution in [0.5, 0.6) is 0 Å². The van der Waals surface area contributed by atoms with Crippen LogP contribution < -0.4 is 5.73 Å². The van der Waals surface area contributed by atoms with Crippen LogP contribution in [0.4, 0.5) is 5.82 Å². The molecule has 0 atom stereocenters. The smallest absolute Gasteiger partial charge is 0.182 e. The lowest BCUT2D eigenvalue weighted by molar-refractivity contribution is 0.0974. The first-order valence-electron chi connectivity index (χ1n) is 4.34. The maximum atomic E-state index is 11.4. The van der Waals surface area contributed by atoms with Gasteiger partial charge in [0.2, 0.25) is 0 Å². The normalized spacial score (nSPS) is 9.92. The van der Waals surface area contributed by atoms with E-state index in [0.717, 1.165) is 12.8 Å². The van der Waals surface area contributed by atoms with E-state index >= 15 is 0 Å². The largest absolute Gasteiger partial charge is 0.382 e. The molecule has 13 heavy (non-hydrogen) atoms. The zero-order valence-corrected chi connectivity index (χ0v) is 7.66. The summed E-state index contributed by atoms with van der Waals surface area (Å²) in [5.41, 5.74) is 5.77. The summed E-state index contributed by atoms with van der Waals surface area (Å²) in [6, 6.07) is 0. The van der Waals surface area contributed by atoms with Crippen LogP contribution in [0.2, 0.25) is 0 Å². The molecule has 4 heteroatoms. The lowest BCUT2D eigenvalue weighted by Gasteiger charge is -1.98. The van der Waals surface area contributed by atoms with Crippen LogP contribution in [-0.4, -0.2) is 15.8 Å². The molecule has 1 heterocycles. The van der Waals surface area contributed by atoms with E-state index in [9.17, 15) is 4.79 Å². The highest BCUT2D eigenvalue weighted by atomic mass is 16.1. The Kier molecular flexibility index (Phi) is 3.37. The number of nitrogens with two attached hydrogens (primary N) is 1. The number of nitrogen functional groups attached to an aromatic ring is 1. The zero-order chi connectivity index (χ0) is 9.68. The summed E-state index contributed by atoms with van der Waals surface area (Å²) < 4.78 is 0. The molecule has 2 N–H and O–H groups in total. The van der Waals surface area contributed by atoms with E-state index in [1.807, 2.05) is 6.92 Å². The molecule has 0 fully saturated rings. The van der Waals surface area contributed by atoms with Crippen molar-refractivity contribution < 1.29 is 4.79 Å². The number of aromatic nitrogens is 2. The Morgan fingerprint density at radius 2 is 2.31 bits per heavy atom. The van der Waals surface area contributed by atoms with Crippen LogP contribution in [-0.2, 0) is 0 Å². The number of Topliss-reactive ketones (excluding diaryl/α,β-unsaturated/α-hetero) is 1. The molecule has 1 rings (SSSR count). The average molecular weight is 179 g/mol. The molecular formula is C9H13N3O. The molecule has 0 spiro atoms. The minimum absolute atomic E-state index is 0.0154. The van der Waals surface area contributed by atoms with Crippen molar-refractivity contribution in [3.05, 3.63) is 18.1 Å². The fraction of sp³-hybridized carbons (Fsp3) is 0.444. The van der Waals surface area contributed by atoms with Crippen LogP contribution in [0.25, 0.3) is 0 Å². The van der Waals surface area contributed by atoms with Crippen LogP contribution in [0.1, 0.15) is 36.7 Å². The van der Waals surface area contributed by atoms with E-state index in [1.54, 1.807) is 0 Å². The lowest BCUT2D eigenvalue weighted by Crippen LogP contribution is -2.04. The summed E-state index contributed by atoms with van der Waals surface area (Å²) in [6.45, 7) is 2.04. The van der Waals surface area contributed by atoms with Gasteiger partial charge in [0.25, 0.3) is 0 Å². The first kappa shape index (κ1) is 9.64. The topological polar surface area (TPSA) is 68.9 Å². The molecule has 0 saturated carbocycles. The third-order valence-corrected chi connectivity index (χ3v) is 1.70. The van der Waals surface area contributed by atoms with E-state index in [4.69, 9.17) is 5.73 Å². The molecule has 0 aromatic carbocycles. The fourth-order valence-corrected chi connectivity index (χ4v) is 0.981. The maximum Gasteiger partial charge on any atom is 0.182 e. The summed E-state index contributed by atoms with van der Waals surface area (Å²) in [5, 5.41) is 0. The molecule has 0 aliphatic carbocycles. The van der Waals surface area contributed by atoms with Crippen molar-refractivity contribution in [1.82, 2.24) is 9.97 Å². The van der Waals surface area contributed by atoms with Crippen LogP contribution >= 0.6 is 0 Å². The number of unbranched alkanes of at least 4 members (excludes halogenated alkanes) is 1. The van der Waals surface area contributed by atoms with Gasteiger partial charge in [-0.3, -0.25) is 9.78 Å². The molecule has 0 amide bonds. The van der Waals surface area contributed by atoms with Crippen LogP contribution in [0.15, 0.2) is 12.4 Å². The van der Waals surface area contributed by atoms with Gasteiger partial charge in [-0.25, -0.2) is 4.98 Å². The summed E-state index contributed by atoms with van der Waals surface area (Å²) in [7, 11) is 0. The fourth-order valence-electron chi connectivity index (χ4n) is 0.981. The first-order valence-corrected chi connectivity index (χ1v) is 4.34. The highest BCUT2D eigenvalue weighted by Gasteiger charge is 2.06. The summed E-state index contributed by atoms with van der Waals surface area (Å²) in [5.74, 6) is 0.309. The van der Waals surface area contributed by atoms with Gasteiger partial charge in [0.1, 0.15) is 11.5 Å². The highest BCUT2D eigenvalue weighted by molar-refractivity contribution is 5.94. The molecule has 0 unspecified atom stereocenters. The van der Waals surface area contributed by atoms with Crippen molar-refractivity contribution >= 4 is 11.6 Å². The Bertz CT molecular complexity index is 299. The van der Waals surface area contributed by atoms with Crippen molar-refractivity contribution in [2.75, 3.05) is 5.73 Å². The van der Waals surface area contributed by atoms with Crippen LogP contribution in [0.3, 0.4) is 0 Å². The number of nitrogens with zero attached hydrogens (tertiary/aromatic N) is 2. The minimum atomic E-state index is 0.0154. The SMILES string of the molecule is CCCCC(=O)c1cncc(N)n1. The molecule has 0 aliphatic heterocycles. The number of hydrogen-bond donors (Lipinski definition) is 1. The van der Waals surface area contributed by atoms with Gasteiger partial charge in [0.15, 0.2) is 5.78 Å². The average Bonchev–Trinajstić information content (AvgIpc) is 2.14. The number of anilines is 1. The van der Waals surface area contributed by atoms with Crippen molar-refractivity contribution in [3.63, 3.8) is 0 Å². The van der Waals surface area contributed by atoms with E-state index in [2.05, 4.69) is 9.97 Å². The number of hydrogen-bond acceptors (Lipinski definition) is 4. The minimum Gasteiger partial charge on any atom is -0.382 e. The second kappa shape index (κ2) is 4.54. The third-order valence-electron chi connectivity index (χ3n) is 1.70. The number of rotatable bonds is 4. The molecule has 4 nitrogen and oxygen atoms in total. The molecular weight excluding hydrogens is 166 g/mol. The second-order valence-corrected chi connectivity index (χ2v) is 2.86. The quantitative estimate of drug-likeness (QED) is 0.710. The van der Waals surface area contributed by atoms with Gasteiger partial charge < -0.3 is 5.73 Å². The Balaban J connectivity index is 2.66. The molecule has 0 bridgehead atoms. The predicted molar refractivity (Wildman–Crippen MR) is 50.3 cm³/mol. The van der Waals surface area contributed by atoms with Gasteiger partial charge in [-0.2, -0.15) is 0 Å². The van der Waals surface area contributed by atoms with Gasteiger partial charge >= 0.3 is 0 Å². The lowest BCUT2D eigenvalue weighted by atomic mass is 10.1. The Hall–Kier alpha value is -1.45. The van der Waals surface area contributed by atoms with Crippen molar-refractivity contribution in [2.24, 2.45) is 0 Å². The third kappa shape index (κ3) is 2.82. The van der Waals surface area contributed by atoms with Crippen LogP contribution in [0, 0.1) is 0 Å². The molecule has 0 aliphatic rings. The zero-order valence-electron chi connectivity index (χ0n) is 7.66. The van der Waals surface area contributed by atoms with E-state index in [1.165, 1.54) is 12.4 Å². The second-order valence-electron chi connectivity index (χ2n) is 2.86. The predicted octanol–water partition coefficient (Wildman–Crippen LogP) is 1.43. The van der Waals surface area contributed by atoms with Gasteiger partial charge in [-0.05, 0) is 6.42 Å².